The lowest BCUT2D eigenvalue weighted by Crippen LogP contribution is -2.08. The van der Waals surface area contributed by atoms with Gasteiger partial charge in [-0.25, -0.2) is 0 Å². The smallest absolute Gasteiger partial charge is 0.0342 e. The summed E-state index contributed by atoms with van der Waals surface area (Å²) in [4.78, 5) is 4.11. The molecule has 0 bridgehead atoms. The van der Waals surface area contributed by atoms with Gasteiger partial charge in [-0.15, -0.1) is 0 Å². The van der Waals surface area contributed by atoms with Crippen molar-refractivity contribution >= 4 is 6.08 Å². The van der Waals surface area contributed by atoms with E-state index in [9.17, 15) is 0 Å². The van der Waals surface area contributed by atoms with Crippen LogP contribution in [0.2, 0.25) is 0 Å². The summed E-state index contributed by atoms with van der Waals surface area (Å²) < 4.78 is 0. The minimum Gasteiger partial charge on any atom is -0.327 e. The molecule has 0 aliphatic heterocycles. The zero-order chi connectivity index (χ0) is 10.6. The molecule has 14 heavy (non-hydrogen) atoms. The molecular weight excluding hydrogens is 172 g/mol. The van der Waals surface area contributed by atoms with Gasteiger partial charge in [0.05, 0.1) is 0 Å². The number of nitrogens with zero attached hydrogens (tertiary/aromatic N) is 1. The molecule has 1 rings (SSSR count). The zero-order valence-corrected chi connectivity index (χ0v) is 9.12. The van der Waals surface area contributed by atoms with Crippen LogP contribution in [-0.4, -0.2) is 11.5 Å². The van der Waals surface area contributed by atoms with Crippen LogP contribution in [0.25, 0.3) is 6.08 Å². The highest BCUT2D eigenvalue weighted by molar-refractivity contribution is 5.55. The van der Waals surface area contributed by atoms with E-state index in [1.165, 1.54) is 16.7 Å². The number of aromatic nitrogens is 1. The molecule has 0 atom stereocenters. The molecule has 2 nitrogen and oxygen atoms in total. The summed E-state index contributed by atoms with van der Waals surface area (Å²) in [6.07, 6.45) is 5.84. The maximum absolute atomic E-state index is 5.68. The second kappa shape index (κ2) is 4.91. The lowest BCUT2D eigenvalue weighted by molar-refractivity contribution is 0.752. The van der Waals surface area contributed by atoms with E-state index >= 15 is 0 Å². The Morgan fingerprint density at radius 2 is 2.29 bits per heavy atom. The van der Waals surface area contributed by atoms with Crippen molar-refractivity contribution in [1.29, 1.82) is 0 Å². The molecule has 1 heterocycles. The third kappa shape index (κ3) is 2.67. The van der Waals surface area contributed by atoms with Crippen molar-refractivity contribution in [2.24, 2.45) is 11.7 Å². The molecule has 0 aromatic carbocycles. The van der Waals surface area contributed by atoms with Gasteiger partial charge < -0.3 is 5.73 Å². The maximum atomic E-state index is 5.68. The number of aryl methyl sites for hydroxylation is 1. The van der Waals surface area contributed by atoms with Gasteiger partial charge in [-0.1, -0.05) is 25.5 Å². The van der Waals surface area contributed by atoms with Crippen LogP contribution in [0.4, 0.5) is 0 Å². The summed E-state index contributed by atoms with van der Waals surface area (Å²) in [7, 11) is 0. The summed E-state index contributed by atoms with van der Waals surface area (Å²) in [5, 5.41) is 0. The molecule has 0 saturated heterocycles. The molecule has 76 valence electrons. The fourth-order valence-corrected chi connectivity index (χ4v) is 1.29. The minimum atomic E-state index is 0.500. The predicted octanol–water partition coefficient (Wildman–Crippen LogP) is 2.39. The third-order valence-electron chi connectivity index (χ3n) is 2.40. The highest BCUT2D eigenvalue weighted by Crippen LogP contribution is 2.15. The first-order chi connectivity index (χ1) is 6.65. The quantitative estimate of drug-likeness (QED) is 0.794. The lowest BCUT2D eigenvalue weighted by Gasteiger charge is -2.09. The molecule has 2 N–H and O–H groups in total. The van der Waals surface area contributed by atoms with Crippen LogP contribution in [0.15, 0.2) is 24.0 Å². The van der Waals surface area contributed by atoms with E-state index in [-0.39, 0.29) is 0 Å². The van der Waals surface area contributed by atoms with E-state index in [4.69, 9.17) is 5.73 Å². The van der Waals surface area contributed by atoms with Crippen LogP contribution in [0.3, 0.4) is 0 Å². The number of rotatable bonds is 3. The Labute approximate surface area is 85.9 Å². The predicted molar refractivity (Wildman–Crippen MR) is 60.8 cm³/mol. The minimum absolute atomic E-state index is 0.500. The molecule has 2 heteroatoms. The Balaban J connectivity index is 3.00. The molecule has 0 aliphatic carbocycles. The Bertz CT molecular complexity index is 327. The Kier molecular flexibility index (Phi) is 3.84. The first-order valence-electron chi connectivity index (χ1n) is 4.96. The summed E-state index contributed by atoms with van der Waals surface area (Å²) in [6.45, 7) is 7.02. The summed E-state index contributed by atoms with van der Waals surface area (Å²) in [5.74, 6) is 0.500. The fraction of sp³-hybridized carbons (Fsp3) is 0.417. The SMILES string of the molecule is Cc1ccncc1/C=C(\CN)C(C)C. The summed E-state index contributed by atoms with van der Waals surface area (Å²) >= 11 is 0. The monoisotopic (exact) mass is 190 g/mol. The second-order valence-electron chi connectivity index (χ2n) is 3.81. The molecule has 0 saturated carbocycles. The van der Waals surface area contributed by atoms with Gasteiger partial charge in [0.15, 0.2) is 0 Å². The average Bonchev–Trinajstić information content (AvgIpc) is 2.16. The van der Waals surface area contributed by atoms with E-state index in [0.29, 0.717) is 12.5 Å². The van der Waals surface area contributed by atoms with Gasteiger partial charge >= 0.3 is 0 Å². The van der Waals surface area contributed by atoms with Crippen molar-refractivity contribution < 1.29 is 0 Å². The first-order valence-corrected chi connectivity index (χ1v) is 4.96. The number of hydrogen-bond acceptors (Lipinski definition) is 2. The fourth-order valence-electron chi connectivity index (χ4n) is 1.29. The molecule has 1 aromatic rings. The Hall–Kier alpha value is -1.15. The van der Waals surface area contributed by atoms with Crippen molar-refractivity contribution in [3.8, 4) is 0 Å². The Morgan fingerprint density at radius 1 is 1.57 bits per heavy atom. The van der Waals surface area contributed by atoms with E-state index in [1.54, 1.807) is 0 Å². The Morgan fingerprint density at radius 3 is 2.79 bits per heavy atom. The molecule has 0 aliphatic rings. The van der Waals surface area contributed by atoms with Crippen molar-refractivity contribution in [1.82, 2.24) is 4.98 Å². The van der Waals surface area contributed by atoms with Gasteiger partial charge in [0.1, 0.15) is 0 Å². The molecule has 0 radical (unpaired) electrons. The highest BCUT2D eigenvalue weighted by Gasteiger charge is 2.02. The van der Waals surface area contributed by atoms with Gasteiger partial charge in [0.2, 0.25) is 0 Å². The summed E-state index contributed by atoms with van der Waals surface area (Å²) in [6, 6.07) is 2.01. The largest absolute Gasteiger partial charge is 0.327 e. The molecular formula is C12H18N2. The summed E-state index contributed by atoms with van der Waals surface area (Å²) in [5.41, 5.74) is 9.36. The van der Waals surface area contributed by atoms with Gasteiger partial charge in [-0.2, -0.15) is 0 Å². The average molecular weight is 190 g/mol. The number of nitrogens with two attached hydrogens (primary N) is 1. The van der Waals surface area contributed by atoms with Crippen molar-refractivity contribution in [2.75, 3.05) is 6.54 Å². The van der Waals surface area contributed by atoms with Crippen LogP contribution in [0, 0.1) is 12.8 Å². The van der Waals surface area contributed by atoms with Crippen LogP contribution in [-0.2, 0) is 0 Å². The molecule has 0 amide bonds. The highest BCUT2D eigenvalue weighted by atomic mass is 14.6. The van der Waals surface area contributed by atoms with Crippen molar-refractivity contribution in [2.45, 2.75) is 20.8 Å². The zero-order valence-electron chi connectivity index (χ0n) is 9.12. The standard InChI is InChI=1S/C12H18N2/c1-9(2)11(7-13)6-12-8-14-5-4-10(12)3/h4-6,8-9H,7,13H2,1-3H3/b11-6+. The molecule has 1 aromatic heterocycles. The first kappa shape index (κ1) is 10.9. The van der Waals surface area contributed by atoms with Crippen LogP contribution in [0.5, 0.6) is 0 Å². The van der Waals surface area contributed by atoms with E-state index in [2.05, 4.69) is 31.8 Å². The molecule has 0 spiro atoms. The second-order valence-corrected chi connectivity index (χ2v) is 3.81. The molecule has 0 unspecified atom stereocenters. The van der Waals surface area contributed by atoms with E-state index in [0.717, 1.165) is 0 Å². The van der Waals surface area contributed by atoms with Gasteiger partial charge in [-0.3, -0.25) is 4.98 Å². The number of hydrogen-bond donors (Lipinski definition) is 1. The topological polar surface area (TPSA) is 38.9 Å². The molecule has 0 fully saturated rings. The third-order valence-corrected chi connectivity index (χ3v) is 2.40. The van der Waals surface area contributed by atoms with Crippen LogP contribution < -0.4 is 5.73 Å². The van der Waals surface area contributed by atoms with Crippen molar-refractivity contribution in [3.05, 3.63) is 35.2 Å². The van der Waals surface area contributed by atoms with E-state index < -0.39 is 0 Å². The van der Waals surface area contributed by atoms with Gasteiger partial charge in [0, 0.05) is 18.9 Å². The van der Waals surface area contributed by atoms with Gasteiger partial charge in [0.25, 0.3) is 0 Å². The van der Waals surface area contributed by atoms with Crippen LogP contribution in [0.1, 0.15) is 25.0 Å². The lowest BCUT2D eigenvalue weighted by atomic mass is 10.00. The normalized spacial score (nSPS) is 12.2. The van der Waals surface area contributed by atoms with Gasteiger partial charge in [-0.05, 0) is 30.0 Å². The maximum Gasteiger partial charge on any atom is 0.0342 e. The van der Waals surface area contributed by atoms with E-state index in [1.807, 2.05) is 18.5 Å². The van der Waals surface area contributed by atoms with Crippen molar-refractivity contribution in [3.63, 3.8) is 0 Å². The number of pyridine rings is 1. The van der Waals surface area contributed by atoms with Crippen LogP contribution >= 0.6 is 0 Å².